The molecule has 100 valence electrons. The molecule has 19 heavy (non-hydrogen) atoms. The van der Waals surface area contributed by atoms with E-state index in [1.807, 2.05) is 0 Å². The summed E-state index contributed by atoms with van der Waals surface area (Å²) in [7, 11) is 0. The van der Waals surface area contributed by atoms with Crippen LogP contribution in [0.15, 0.2) is 23.0 Å². The van der Waals surface area contributed by atoms with Crippen LogP contribution in [0.25, 0.3) is 11.5 Å². The van der Waals surface area contributed by atoms with Crippen molar-refractivity contribution >= 4 is 5.95 Å². The number of aromatic hydroxyl groups is 1. The van der Waals surface area contributed by atoms with E-state index in [1.54, 1.807) is 12.3 Å². The molecule has 1 saturated heterocycles. The second-order valence-electron chi connectivity index (χ2n) is 4.69. The Hall–Kier alpha value is -2.11. The Morgan fingerprint density at radius 2 is 1.95 bits per heavy atom. The van der Waals surface area contributed by atoms with E-state index in [0.717, 1.165) is 25.9 Å². The summed E-state index contributed by atoms with van der Waals surface area (Å²) in [4.78, 5) is 10.3. The number of rotatable bonds is 2. The van der Waals surface area contributed by atoms with Crippen molar-refractivity contribution in [2.45, 2.75) is 25.7 Å². The Kier molecular flexibility index (Phi) is 3.31. The van der Waals surface area contributed by atoms with Crippen LogP contribution in [0.2, 0.25) is 0 Å². The first kappa shape index (κ1) is 12.0. The fourth-order valence-corrected chi connectivity index (χ4v) is 2.29. The van der Waals surface area contributed by atoms with Crippen LogP contribution < -0.4 is 4.90 Å². The van der Waals surface area contributed by atoms with E-state index >= 15 is 0 Å². The van der Waals surface area contributed by atoms with Crippen LogP contribution in [-0.4, -0.2) is 33.3 Å². The lowest BCUT2D eigenvalue weighted by Gasteiger charge is -2.16. The molecule has 1 fully saturated rings. The number of hydrogen-bond acceptors (Lipinski definition) is 6. The molecule has 0 radical (unpaired) electrons. The third-order valence-electron chi connectivity index (χ3n) is 3.33. The topological polar surface area (TPSA) is 75.3 Å². The minimum atomic E-state index is 0.0496. The van der Waals surface area contributed by atoms with Gasteiger partial charge in [-0.05, 0) is 24.1 Å². The first-order valence-corrected chi connectivity index (χ1v) is 6.56. The molecule has 0 aromatic carbocycles. The summed E-state index contributed by atoms with van der Waals surface area (Å²) >= 11 is 0. The molecule has 2 aromatic heterocycles. The molecule has 0 bridgehead atoms. The highest BCUT2D eigenvalue weighted by molar-refractivity contribution is 5.61. The third kappa shape index (κ3) is 2.52. The Labute approximate surface area is 111 Å². The first-order valence-electron chi connectivity index (χ1n) is 6.56. The van der Waals surface area contributed by atoms with Gasteiger partial charge in [0.1, 0.15) is 5.75 Å². The van der Waals surface area contributed by atoms with E-state index in [-0.39, 0.29) is 5.75 Å². The van der Waals surface area contributed by atoms with Gasteiger partial charge in [0.15, 0.2) is 0 Å². The summed E-state index contributed by atoms with van der Waals surface area (Å²) < 4.78 is 5.24. The molecule has 1 N–H and O–H groups in total. The van der Waals surface area contributed by atoms with Crippen molar-refractivity contribution in [1.82, 2.24) is 15.1 Å². The first-order chi connectivity index (χ1) is 9.34. The van der Waals surface area contributed by atoms with Crippen molar-refractivity contribution in [3.8, 4) is 17.2 Å². The second kappa shape index (κ2) is 5.26. The zero-order valence-corrected chi connectivity index (χ0v) is 10.6. The molecule has 0 amide bonds. The lowest BCUT2D eigenvalue weighted by molar-refractivity contribution is 0.422. The minimum absolute atomic E-state index is 0.0496. The van der Waals surface area contributed by atoms with Crippen molar-refractivity contribution in [3.05, 3.63) is 18.5 Å². The molecular formula is C13H16N4O2. The van der Waals surface area contributed by atoms with Crippen LogP contribution in [0.1, 0.15) is 25.7 Å². The maximum absolute atomic E-state index is 9.72. The van der Waals surface area contributed by atoms with Crippen LogP contribution in [0.3, 0.4) is 0 Å². The van der Waals surface area contributed by atoms with E-state index in [9.17, 15) is 5.11 Å². The molecule has 1 aliphatic heterocycles. The maximum Gasteiger partial charge on any atom is 0.266 e. The van der Waals surface area contributed by atoms with Gasteiger partial charge in [0.2, 0.25) is 0 Å². The summed E-state index contributed by atoms with van der Waals surface area (Å²) in [6.07, 6.45) is 7.78. The highest BCUT2D eigenvalue weighted by Gasteiger charge is 2.18. The van der Waals surface area contributed by atoms with Crippen LogP contribution in [0, 0.1) is 0 Å². The van der Waals surface area contributed by atoms with E-state index in [4.69, 9.17) is 4.52 Å². The van der Waals surface area contributed by atoms with E-state index < -0.39 is 0 Å². The monoisotopic (exact) mass is 260 g/mol. The van der Waals surface area contributed by atoms with Crippen LogP contribution in [0.5, 0.6) is 5.75 Å². The van der Waals surface area contributed by atoms with Crippen LogP contribution in [0.4, 0.5) is 5.95 Å². The Balaban J connectivity index is 1.85. The number of nitrogens with zero attached hydrogens (tertiary/aromatic N) is 4. The Bertz CT molecular complexity index is 547. The van der Waals surface area contributed by atoms with Gasteiger partial charge in [-0.15, -0.1) is 0 Å². The van der Waals surface area contributed by atoms with Crippen molar-refractivity contribution < 1.29 is 9.63 Å². The van der Waals surface area contributed by atoms with Gasteiger partial charge >= 0.3 is 0 Å². The second-order valence-corrected chi connectivity index (χ2v) is 4.69. The smallest absolute Gasteiger partial charge is 0.266 e. The highest BCUT2D eigenvalue weighted by atomic mass is 16.5. The predicted octanol–water partition coefficient (Wildman–Crippen LogP) is 2.22. The summed E-state index contributed by atoms with van der Waals surface area (Å²) in [6.45, 7) is 1.92. The Morgan fingerprint density at radius 1 is 1.16 bits per heavy atom. The summed E-state index contributed by atoms with van der Waals surface area (Å²) in [5, 5.41) is 13.7. The number of anilines is 1. The molecule has 0 saturated carbocycles. The summed E-state index contributed by atoms with van der Waals surface area (Å²) in [6, 6.07) is 1.66. The van der Waals surface area contributed by atoms with Crippen LogP contribution >= 0.6 is 0 Å². The summed E-state index contributed by atoms with van der Waals surface area (Å²) in [5.41, 5.74) is 0.517. The fourth-order valence-electron chi connectivity index (χ4n) is 2.29. The minimum Gasteiger partial charge on any atom is -0.505 e. The summed E-state index contributed by atoms with van der Waals surface area (Å²) in [5.74, 6) is 0.987. The molecule has 3 rings (SSSR count). The fraction of sp³-hybridized carbons (Fsp3) is 0.462. The quantitative estimate of drug-likeness (QED) is 0.892. The molecular weight excluding hydrogens is 244 g/mol. The van der Waals surface area contributed by atoms with Gasteiger partial charge in [-0.3, -0.25) is 4.98 Å². The lowest BCUT2D eigenvalue weighted by atomic mass is 10.2. The van der Waals surface area contributed by atoms with Gasteiger partial charge in [0.05, 0.1) is 11.8 Å². The average Bonchev–Trinajstić information content (AvgIpc) is 2.75. The molecule has 3 heterocycles. The predicted molar refractivity (Wildman–Crippen MR) is 69.9 cm³/mol. The SMILES string of the molecule is Oc1cnccc1-c1nc(N2CCCCCC2)no1. The molecule has 6 heteroatoms. The largest absolute Gasteiger partial charge is 0.505 e. The Morgan fingerprint density at radius 3 is 2.68 bits per heavy atom. The van der Waals surface area contributed by atoms with Gasteiger partial charge in [-0.1, -0.05) is 12.8 Å². The molecule has 0 atom stereocenters. The van der Waals surface area contributed by atoms with Gasteiger partial charge in [0, 0.05) is 19.3 Å². The van der Waals surface area contributed by atoms with E-state index in [0.29, 0.717) is 17.4 Å². The van der Waals surface area contributed by atoms with Gasteiger partial charge in [-0.2, -0.15) is 4.98 Å². The number of pyridine rings is 1. The van der Waals surface area contributed by atoms with Gasteiger partial charge < -0.3 is 14.5 Å². The van der Waals surface area contributed by atoms with Gasteiger partial charge in [0.25, 0.3) is 11.8 Å². The molecule has 0 aliphatic carbocycles. The standard InChI is InChI=1S/C13H16N4O2/c18-11-9-14-6-5-10(11)12-15-13(16-19-12)17-7-3-1-2-4-8-17/h5-6,9,18H,1-4,7-8H2. The van der Waals surface area contributed by atoms with E-state index in [1.165, 1.54) is 19.0 Å². The lowest BCUT2D eigenvalue weighted by Crippen LogP contribution is -2.24. The van der Waals surface area contributed by atoms with E-state index in [2.05, 4.69) is 20.0 Å². The maximum atomic E-state index is 9.72. The number of hydrogen-bond donors (Lipinski definition) is 1. The number of aromatic nitrogens is 3. The van der Waals surface area contributed by atoms with Crippen molar-refractivity contribution in [3.63, 3.8) is 0 Å². The van der Waals surface area contributed by atoms with Crippen LogP contribution in [-0.2, 0) is 0 Å². The van der Waals surface area contributed by atoms with Crippen molar-refractivity contribution in [2.24, 2.45) is 0 Å². The molecule has 6 nitrogen and oxygen atoms in total. The average molecular weight is 260 g/mol. The normalized spacial score (nSPS) is 16.3. The molecule has 1 aliphatic rings. The highest BCUT2D eigenvalue weighted by Crippen LogP contribution is 2.28. The molecule has 0 unspecified atom stereocenters. The zero-order chi connectivity index (χ0) is 13.1. The van der Waals surface area contributed by atoms with Gasteiger partial charge in [-0.25, -0.2) is 0 Å². The van der Waals surface area contributed by atoms with Crippen molar-refractivity contribution in [2.75, 3.05) is 18.0 Å². The third-order valence-corrected chi connectivity index (χ3v) is 3.33. The molecule has 2 aromatic rings. The van der Waals surface area contributed by atoms with Crippen molar-refractivity contribution in [1.29, 1.82) is 0 Å². The zero-order valence-electron chi connectivity index (χ0n) is 10.6. The molecule has 0 spiro atoms.